The number of fused-ring (bicyclic) bond motifs is 3. The minimum atomic E-state index is -1.56. The van der Waals surface area contributed by atoms with E-state index in [0.29, 0.717) is 41.5 Å². The van der Waals surface area contributed by atoms with Gasteiger partial charge in [0.2, 0.25) is 0 Å². The fourth-order valence-electron chi connectivity index (χ4n) is 6.21. The maximum Gasteiger partial charge on any atom is 0.159 e. The molecule has 2 aliphatic carbocycles. The number of hydrogen-bond acceptors (Lipinski definition) is 5. The van der Waals surface area contributed by atoms with E-state index in [2.05, 4.69) is 62.8 Å². The smallest absolute Gasteiger partial charge is 0.159 e. The van der Waals surface area contributed by atoms with Gasteiger partial charge in [0.05, 0.1) is 6.10 Å². The highest BCUT2D eigenvalue weighted by molar-refractivity contribution is 6.31. The van der Waals surface area contributed by atoms with Crippen molar-refractivity contribution in [1.29, 1.82) is 0 Å². The lowest BCUT2D eigenvalue weighted by molar-refractivity contribution is -0.146. The zero-order valence-electron chi connectivity index (χ0n) is 26.3. The van der Waals surface area contributed by atoms with Crippen LogP contribution in [-0.2, 0) is 5.60 Å². The van der Waals surface area contributed by atoms with E-state index in [1.807, 2.05) is 57.2 Å². The molecule has 0 saturated heterocycles. The fourth-order valence-corrected chi connectivity index (χ4v) is 6.30. The van der Waals surface area contributed by atoms with Gasteiger partial charge in [-0.25, -0.2) is 0 Å². The minimum Gasteiger partial charge on any atom is -0.492 e. The van der Waals surface area contributed by atoms with Crippen LogP contribution in [0.3, 0.4) is 0 Å². The van der Waals surface area contributed by atoms with E-state index >= 15 is 0 Å². The summed E-state index contributed by atoms with van der Waals surface area (Å²) in [6.45, 7) is 15.8. The fraction of sp³-hybridized carbons (Fsp3) is 0.500. The standard InChI is InChI=1S/C32H42ClNO4.C2H6.C2H2/c1-5-17-34(7-3)18-19-37-26-14-15-27-29(21-26)38-31(16-10-13-25(33)6-2)28(22-30(35)32(27,31)36)24-12-9-8-11-23(4)20-24;2*1-2/h6,8-11,13-15,20-21,28,30,35-36H,5,7,12,16-19,22H2,1-4H3;1-2H3;1-2H/b13-10-,25-6+;;/t28-,30?,31-,32-;;/m0../s1. The van der Waals surface area contributed by atoms with Gasteiger partial charge in [0.1, 0.15) is 18.1 Å². The number of aliphatic hydroxyl groups excluding tert-OH is 1. The largest absolute Gasteiger partial charge is 0.492 e. The Morgan fingerprint density at radius 2 is 1.98 bits per heavy atom. The van der Waals surface area contributed by atoms with E-state index in [4.69, 9.17) is 21.1 Å². The molecule has 0 aromatic heterocycles. The molecule has 1 heterocycles. The number of terminal acetylenes is 1. The summed E-state index contributed by atoms with van der Waals surface area (Å²) in [7, 11) is 0. The highest BCUT2D eigenvalue weighted by Gasteiger charge is 2.71. The van der Waals surface area contributed by atoms with Crippen LogP contribution in [0.5, 0.6) is 11.5 Å². The zero-order chi connectivity index (χ0) is 31.3. The first-order chi connectivity index (χ1) is 20.3. The predicted octanol–water partition coefficient (Wildman–Crippen LogP) is 7.69. The normalized spacial score (nSPS) is 26.1. The lowest BCUT2D eigenvalue weighted by atomic mass is 9.72. The van der Waals surface area contributed by atoms with Crippen LogP contribution < -0.4 is 9.47 Å². The molecule has 230 valence electrons. The first-order valence-corrected chi connectivity index (χ1v) is 15.6. The number of rotatable bonds is 11. The van der Waals surface area contributed by atoms with Gasteiger partial charge < -0.3 is 24.6 Å². The van der Waals surface area contributed by atoms with Crippen molar-refractivity contribution >= 4 is 11.6 Å². The summed E-state index contributed by atoms with van der Waals surface area (Å²) in [5.41, 5.74) is 0.264. The average Bonchev–Trinajstić information content (AvgIpc) is 3.24. The summed E-state index contributed by atoms with van der Waals surface area (Å²) in [6, 6.07) is 5.60. The van der Waals surface area contributed by atoms with Gasteiger partial charge in [-0.2, -0.15) is 0 Å². The Labute approximate surface area is 259 Å². The quantitative estimate of drug-likeness (QED) is 0.203. The molecule has 2 N–H and O–H groups in total. The second-order valence-corrected chi connectivity index (χ2v) is 11.0. The predicted molar refractivity (Wildman–Crippen MR) is 176 cm³/mol. The third-order valence-corrected chi connectivity index (χ3v) is 8.50. The second-order valence-electron chi connectivity index (χ2n) is 10.5. The SMILES string of the molecule is C#C.C/C=C(Cl)\C=C/C[C@@]12Oc3cc(OCCN(CC)CCC)ccc3[C@]1(O)C(O)C[C@H]2C1=CC(C)=CC=CC1.CC. The van der Waals surface area contributed by atoms with Crippen LogP contribution in [0.4, 0.5) is 0 Å². The van der Waals surface area contributed by atoms with Crippen molar-refractivity contribution in [3.05, 3.63) is 82.5 Å². The van der Waals surface area contributed by atoms with Gasteiger partial charge in [0.15, 0.2) is 11.2 Å². The molecule has 1 saturated carbocycles. The number of halogens is 1. The maximum atomic E-state index is 12.3. The lowest BCUT2D eigenvalue weighted by Crippen LogP contribution is -2.55. The first kappa shape index (κ1) is 35.4. The molecule has 4 atom stereocenters. The molecule has 1 aromatic rings. The van der Waals surface area contributed by atoms with Crippen molar-refractivity contribution in [1.82, 2.24) is 4.90 Å². The molecule has 1 aliphatic heterocycles. The number of ether oxygens (including phenoxy) is 2. The number of benzene rings is 1. The molecule has 0 amide bonds. The Balaban J connectivity index is 0.00000148. The van der Waals surface area contributed by atoms with Crippen molar-refractivity contribution in [3.63, 3.8) is 0 Å². The van der Waals surface area contributed by atoms with Gasteiger partial charge in [-0.3, -0.25) is 0 Å². The number of nitrogens with zero attached hydrogens (tertiary/aromatic N) is 1. The number of hydrogen-bond donors (Lipinski definition) is 2. The highest BCUT2D eigenvalue weighted by atomic mass is 35.5. The van der Waals surface area contributed by atoms with Crippen molar-refractivity contribution in [2.75, 3.05) is 26.2 Å². The molecule has 6 heteroatoms. The monoisotopic (exact) mass is 595 g/mol. The van der Waals surface area contributed by atoms with Crippen LogP contribution in [0.2, 0.25) is 0 Å². The van der Waals surface area contributed by atoms with E-state index in [9.17, 15) is 10.2 Å². The summed E-state index contributed by atoms with van der Waals surface area (Å²) in [5, 5.41) is 24.4. The molecule has 5 nitrogen and oxygen atoms in total. The van der Waals surface area contributed by atoms with Gasteiger partial charge in [-0.05, 0) is 64.4 Å². The van der Waals surface area contributed by atoms with Gasteiger partial charge in [0.25, 0.3) is 0 Å². The Kier molecular flexibility index (Phi) is 14.2. The van der Waals surface area contributed by atoms with Crippen LogP contribution in [-0.4, -0.2) is 53.1 Å². The molecule has 0 spiro atoms. The summed E-state index contributed by atoms with van der Waals surface area (Å²) in [4.78, 5) is 2.36. The molecule has 1 aromatic carbocycles. The number of aliphatic hydroxyl groups is 2. The minimum absolute atomic E-state index is 0.188. The van der Waals surface area contributed by atoms with E-state index in [1.165, 1.54) is 0 Å². The van der Waals surface area contributed by atoms with Crippen molar-refractivity contribution in [2.45, 2.75) is 84.5 Å². The summed E-state index contributed by atoms with van der Waals surface area (Å²) in [5.74, 6) is 1.08. The van der Waals surface area contributed by atoms with Gasteiger partial charge in [-0.15, -0.1) is 12.8 Å². The van der Waals surface area contributed by atoms with E-state index in [0.717, 1.165) is 43.6 Å². The molecular weight excluding hydrogens is 546 g/mol. The zero-order valence-corrected chi connectivity index (χ0v) is 27.0. The first-order valence-electron chi connectivity index (χ1n) is 15.2. The van der Waals surface area contributed by atoms with Crippen LogP contribution in [0.1, 0.15) is 72.8 Å². The molecule has 0 radical (unpaired) electrons. The Morgan fingerprint density at radius 3 is 2.64 bits per heavy atom. The Hall–Kier alpha value is -2.75. The van der Waals surface area contributed by atoms with Gasteiger partial charge in [0, 0.05) is 35.5 Å². The maximum absolute atomic E-state index is 12.3. The van der Waals surface area contributed by atoms with Crippen LogP contribution in [0.25, 0.3) is 0 Å². The number of likely N-dealkylation sites (N-methyl/N-ethyl adjacent to an activating group) is 1. The second kappa shape index (κ2) is 16.8. The summed E-state index contributed by atoms with van der Waals surface area (Å²) in [6.07, 6.45) is 23.7. The van der Waals surface area contributed by atoms with E-state index in [1.54, 1.807) is 0 Å². The molecule has 1 fully saturated rings. The van der Waals surface area contributed by atoms with Crippen molar-refractivity contribution in [2.24, 2.45) is 5.92 Å². The number of allylic oxidation sites excluding steroid dienone is 8. The molecule has 3 aliphatic rings. The van der Waals surface area contributed by atoms with E-state index < -0.39 is 17.3 Å². The molecule has 1 unspecified atom stereocenters. The van der Waals surface area contributed by atoms with Crippen LogP contribution in [0.15, 0.2) is 76.9 Å². The molecule has 0 bridgehead atoms. The van der Waals surface area contributed by atoms with E-state index in [-0.39, 0.29) is 5.92 Å². The molecule has 4 rings (SSSR count). The summed E-state index contributed by atoms with van der Waals surface area (Å²) < 4.78 is 12.9. The van der Waals surface area contributed by atoms with Crippen molar-refractivity contribution in [3.8, 4) is 24.3 Å². The Bertz CT molecular complexity index is 1200. The lowest BCUT2D eigenvalue weighted by Gasteiger charge is -2.40. The Morgan fingerprint density at radius 1 is 1.24 bits per heavy atom. The third kappa shape index (κ3) is 7.41. The van der Waals surface area contributed by atoms with Crippen LogP contribution in [0, 0.1) is 18.8 Å². The topological polar surface area (TPSA) is 62.2 Å². The summed E-state index contributed by atoms with van der Waals surface area (Å²) >= 11 is 6.26. The van der Waals surface area contributed by atoms with Gasteiger partial charge >= 0.3 is 0 Å². The van der Waals surface area contributed by atoms with Crippen molar-refractivity contribution < 1.29 is 19.7 Å². The highest BCUT2D eigenvalue weighted by Crippen LogP contribution is 2.63. The average molecular weight is 596 g/mol. The van der Waals surface area contributed by atoms with Gasteiger partial charge in [-0.1, -0.05) is 86.9 Å². The molecule has 42 heavy (non-hydrogen) atoms. The molecular formula is C36H50ClNO4. The van der Waals surface area contributed by atoms with Crippen LogP contribution >= 0.6 is 11.6 Å². The third-order valence-electron chi connectivity index (χ3n) is 8.15.